The molecule has 7 nitrogen and oxygen atoms in total. The van der Waals surface area contributed by atoms with Crippen molar-refractivity contribution in [3.05, 3.63) is 83.8 Å². The van der Waals surface area contributed by atoms with Gasteiger partial charge in [-0.2, -0.15) is 0 Å². The maximum Gasteiger partial charge on any atom is 0.313 e. The Hall–Kier alpha value is -4.72. The number of aromatic nitrogens is 1. The van der Waals surface area contributed by atoms with Crippen molar-refractivity contribution in [1.29, 1.82) is 0 Å². The zero-order valence-corrected chi connectivity index (χ0v) is 22.6. The Morgan fingerprint density at radius 2 is 1.65 bits per heavy atom. The second-order valence-electron chi connectivity index (χ2n) is 9.73. The van der Waals surface area contributed by atoms with Gasteiger partial charge in [0.2, 0.25) is 6.41 Å². The summed E-state index contributed by atoms with van der Waals surface area (Å²) in [6.07, 6.45) is 0.459. The number of benzene rings is 3. The third kappa shape index (κ3) is 5.96. The van der Waals surface area contributed by atoms with Gasteiger partial charge in [-0.05, 0) is 52.8 Å². The van der Waals surface area contributed by atoms with Gasteiger partial charge in [-0.1, -0.05) is 62.4 Å². The molecule has 0 saturated carbocycles. The van der Waals surface area contributed by atoms with Crippen LogP contribution < -0.4 is 5.32 Å². The van der Waals surface area contributed by atoms with Gasteiger partial charge in [-0.15, -0.1) is 0 Å². The summed E-state index contributed by atoms with van der Waals surface area (Å²) in [6.45, 7) is 3.97. The second kappa shape index (κ2) is 12.4. The highest BCUT2D eigenvalue weighted by Crippen LogP contribution is 2.48. The summed E-state index contributed by atoms with van der Waals surface area (Å²) < 4.78 is 18.6. The molecule has 4 aromatic rings. The summed E-state index contributed by atoms with van der Waals surface area (Å²) in [5, 5.41) is 13.8. The van der Waals surface area contributed by atoms with E-state index in [4.69, 9.17) is 0 Å². The minimum absolute atomic E-state index is 0.0211. The van der Waals surface area contributed by atoms with E-state index in [0.29, 0.717) is 28.8 Å². The van der Waals surface area contributed by atoms with E-state index in [0.717, 1.165) is 27.9 Å². The number of anilines is 1. The fourth-order valence-electron chi connectivity index (χ4n) is 4.93. The molecule has 0 unspecified atom stereocenters. The molecule has 206 valence electrons. The molecule has 1 heterocycles. The second-order valence-corrected chi connectivity index (χ2v) is 9.73. The van der Waals surface area contributed by atoms with Gasteiger partial charge in [-0.25, -0.2) is 4.39 Å². The summed E-state index contributed by atoms with van der Waals surface area (Å²) in [5.41, 5.74) is 6.27. The standard InChI is InChI=1S/C32H31FN2O5/c1-19(2)31-30(25(32(39)35-31)14-13-23(37)17-27(38)40-3)24-15-16-26(34-18-36)29(20-7-5-4-6-8-20)28(24)21-9-11-22(33)12-10-21/h4-12,15-16,18-19,35,39H,13-14,17H2,1-3H3,(H,34,36). The molecule has 1 aromatic heterocycles. The van der Waals surface area contributed by atoms with Gasteiger partial charge in [0.25, 0.3) is 0 Å². The number of aromatic amines is 1. The number of hydrogen-bond donors (Lipinski definition) is 3. The smallest absolute Gasteiger partial charge is 0.313 e. The molecule has 40 heavy (non-hydrogen) atoms. The highest BCUT2D eigenvalue weighted by atomic mass is 19.1. The van der Waals surface area contributed by atoms with Crippen molar-refractivity contribution >= 4 is 23.9 Å². The Labute approximate surface area is 232 Å². The number of halogens is 1. The quantitative estimate of drug-likeness (QED) is 0.112. The van der Waals surface area contributed by atoms with Crippen LogP contribution in [0, 0.1) is 5.82 Å². The van der Waals surface area contributed by atoms with Crippen LogP contribution in [-0.2, 0) is 25.5 Å². The Morgan fingerprint density at radius 3 is 2.27 bits per heavy atom. The lowest BCUT2D eigenvalue weighted by Gasteiger charge is -2.21. The first-order valence-corrected chi connectivity index (χ1v) is 13.0. The van der Waals surface area contributed by atoms with E-state index in [1.54, 1.807) is 18.2 Å². The number of esters is 1. The SMILES string of the molecule is COC(=O)CC(=O)CCc1c(O)[nH]c(C(C)C)c1-c1ccc(NC=O)c(-c2ccccc2)c1-c1ccc(F)cc1. The first kappa shape index (κ1) is 28.3. The minimum Gasteiger partial charge on any atom is -0.494 e. The zero-order chi connectivity index (χ0) is 28.8. The number of H-pyrrole nitrogens is 1. The van der Waals surface area contributed by atoms with Gasteiger partial charge in [0.1, 0.15) is 18.0 Å². The number of nitrogens with one attached hydrogen (secondary N) is 2. The molecule has 4 rings (SSSR count). The van der Waals surface area contributed by atoms with Crippen molar-refractivity contribution in [2.45, 2.75) is 39.0 Å². The van der Waals surface area contributed by atoms with Crippen LogP contribution in [0.3, 0.4) is 0 Å². The van der Waals surface area contributed by atoms with Gasteiger partial charge in [0.05, 0.1) is 7.11 Å². The number of rotatable bonds is 11. The van der Waals surface area contributed by atoms with E-state index in [9.17, 15) is 23.9 Å². The zero-order valence-electron chi connectivity index (χ0n) is 22.6. The van der Waals surface area contributed by atoms with Crippen LogP contribution in [0.2, 0.25) is 0 Å². The molecule has 1 amide bonds. The van der Waals surface area contributed by atoms with Crippen LogP contribution in [-0.4, -0.2) is 35.4 Å². The monoisotopic (exact) mass is 542 g/mol. The highest BCUT2D eigenvalue weighted by molar-refractivity contribution is 6.03. The van der Waals surface area contributed by atoms with Crippen LogP contribution in [0.25, 0.3) is 33.4 Å². The number of ether oxygens (including phenoxy) is 1. The average Bonchev–Trinajstić information content (AvgIpc) is 3.28. The first-order chi connectivity index (χ1) is 19.2. The maximum absolute atomic E-state index is 14.0. The molecule has 3 aromatic carbocycles. The molecule has 0 aliphatic rings. The van der Waals surface area contributed by atoms with Crippen molar-refractivity contribution < 1.29 is 28.6 Å². The van der Waals surface area contributed by atoms with E-state index in [2.05, 4.69) is 15.0 Å². The van der Waals surface area contributed by atoms with Crippen molar-refractivity contribution in [1.82, 2.24) is 4.98 Å². The largest absolute Gasteiger partial charge is 0.494 e. The number of Topliss-reactive ketones (excluding diaryl/α,β-unsaturated/α-hetero) is 1. The summed E-state index contributed by atoms with van der Waals surface area (Å²) in [5.74, 6) is -1.41. The van der Waals surface area contributed by atoms with Gasteiger partial charge < -0.3 is 20.1 Å². The number of ketones is 1. The van der Waals surface area contributed by atoms with Crippen molar-refractivity contribution in [3.8, 4) is 39.3 Å². The van der Waals surface area contributed by atoms with Crippen molar-refractivity contribution in [2.24, 2.45) is 0 Å². The Morgan fingerprint density at radius 1 is 0.975 bits per heavy atom. The molecule has 0 fully saturated rings. The number of methoxy groups -OCH3 is 1. The molecule has 0 spiro atoms. The molecule has 3 N–H and O–H groups in total. The fourth-order valence-corrected chi connectivity index (χ4v) is 4.93. The minimum atomic E-state index is -0.615. The fraction of sp³-hybridized carbons (Fsp3) is 0.219. The lowest BCUT2D eigenvalue weighted by molar-refractivity contribution is -0.143. The number of aromatic hydroxyl groups is 1. The summed E-state index contributed by atoms with van der Waals surface area (Å²) in [7, 11) is 1.23. The van der Waals surface area contributed by atoms with E-state index in [1.807, 2.05) is 50.2 Å². The lowest BCUT2D eigenvalue weighted by atomic mass is 9.83. The summed E-state index contributed by atoms with van der Waals surface area (Å²) in [6, 6.07) is 19.3. The first-order valence-electron chi connectivity index (χ1n) is 13.0. The normalized spacial score (nSPS) is 10.9. The maximum atomic E-state index is 14.0. The van der Waals surface area contributed by atoms with Gasteiger partial charge in [0, 0.05) is 34.5 Å². The molecule has 0 bridgehead atoms. The molecular formula is C32H31FN2O5. The van der Waals surface area contributed by atoms with Crippen LogP contribution in [0.5, 0.6) is 5.88 Å². The van der Waals surface area contributed by atoms with Crippen molar-refractivity contribution in [2.75, 3.05) is 12.4 Å². The lowest BCUT2D eigenvalue weighted by Crippen LogP contribution is -2.10. The van der Waals surface area contributed by atoms with Crippen molar-refractivity contribution in [3.63, 3.8) is 0 Å². The topological polar surface area (TPSA) is 108 Å². The molecule has 0 saturated heterocycles. The molecule has 8 heteroatoms. The number of hydrogen-bond acceptors (Lipinski definition) is 5. The number of carbonyl (C=O) groups is 3. The van der Waals surface area contributed by atoms with Crippen LogP contribution in [0.1, 0.15) is 43.9 Å². The molecular weight excluding hydrogens is 511 g/mol. The van der Waals surface area contributed by atoms with Crippen LogP contribution >= 0.6 is 0 Å². The van der Waals surface area contributed by atoms with Gasteiger partial charge >= 0.3 is 5.97 Å². The molecule has 0 radical (unpaired) electrons. The van der Waals surface area contributed by atoms with E-state index < -0.39 is 5.97 Å². The van der Waals surface area contributed by atoms with Crippen LogP contribution in [0.15, 0.2) is 66.7 Å². The molecule has 0 aliphatic heterocycles. The molecule has 0 atom stereocenters. The summed E-state index contributed by atoms with van der Waals surface area (Å²) >= 11 is 0. The molecule has 0 aliphatic carbocycles. The number of amides is 1. The predicted octanol–water partition coefficient (Wildman–Crippen LogP) is 6.62. The van der Waals surface area contributed by atoms with Gasteiger partial charge in [0.15, 0.2) is 5.88 Å². The predicted molar refractivity (Wildman–Crippen MR) is 152 cm³/mol. The Bertz CT molecular complexity index is 1530. The Balaban J connectivity index is 2.01. The van der Waals surface area contributed by atoms with E-state index >= 15 is 0 Å². The van der Waals surface area contributed by atoms with E-state index in [-0.39, 0.29) is 42.7 Å². The third-order valence-corrected chi connectivity index (χ3v) is 6.79. The average molecular weight is 543 g/mol. The summed E-state index contributed by atoms with van der Waals surface area (Å²) in [4.78, 5) is 38.8. The number of carbonyl (C=O) groups excluding carboxylic acids is 3. The van der Waals surface area contributed by atoms with Gasteiger partial charge in [-0.3, -0.25) is 14.4 Å². The van der Waals surface area contributed by atoms with Crippen LogP contribution in [0.4, 0.5) is 10.1 Å². The van der Waals surface area contributed by atoms with E-state index in [1.165, 1.54) is 19.2 Å². The third-order valence-electron chi connectivity index (χ3n) is 6.79. The highest BCUT2D eigenvalue weighted by Gasteiger charge is 2.26. The Kier molecular flexibility index (Phi) is 8.79.